The maximum atomic E-state index is 11.2. The van der Waals surface area contributed by atoms with E-state index in [2.05, 4.69) is 4.98 Å². The number of nitrogens with zero attached hydrogens (tertiary/aromatic N) is 1. The predicted molar refractivity (Wildman–Crippen MR) is 60.6 cm³/mol. The van der Waals surface area contributed by atoms with Gasteiger partial charge in [0.1, 0.15) is 0 Å². The second kappa shape index (κ2) is 4.75. The molecule has 0 aromatic carbocycles. The van der Waals surface area contributed by atoms with Gasteiger partial charge < -0.3 is 16.6 Å². The van der Waals surface area contributed by atoms with Gasteiger partial charge in [-0.3, -0.25) is 9.59 Å². The number of amides is 1. The standard InChI is InChI=1S/C9H11N3O3S/c1-4(2-6(13)14)7(8(10)15)5-3-16-9(11)12-5/h3H,2H2,1H3,(H2,10,15)(H2,11,12)(H,13,14). The third-order valence-corrected chi connectivity index (χ3v) is 2.54. The molecular formula is C9H11N3O3S. The van der Waals surface area contributed by atoms with Gasteiger partial charge in [-0.2, -0.15) is 0 Å². The number of carboxylic acid groups (broad SMARTS) is 1. The number of primary amides is 1. The van der Waals surface area contributed by atoms with Crippen molar-refractivity contribution in [3.63, 3.8) is 0 Å². The highest BCUT2D eigenvalue weighted by Gasteiger charge is 2.16. The molecule has 0 radical (unpaired) electrons. The summed E-state index contributed by atoms with van der Waals surface area (Å²) in [4.78, 5) is 25.7. The molecule has 0 aliphatic rings. The van der Waals surface area contributed by atoms with E-state index in [4.69, 9.17) is 16.6 Å². The summed E-state index contributed by atoms with van der Waals surface area (Å²) in [5, 5.41) is 10.5. The number of thiazole rings is 1. The largest absolute Gasteiger partial charge is 0.481 e. The summed E-state index contributed by atoms with van der Waals surface area (Å²) in [5.74, 6) is -1.73. The Morgan fingerprint density at radius 3 is 2.56 bits per heavy atom. The highest BCUT2D eigenvalue weighted by molar-refractivity contribution is 7.13. The summed E-state index contributed by atoms with van der Waals surface area (Å²) in [6.07, 6.45) is -0.254. The number of carboxylic acids is 1. The predicted octanol–water partition coefficient (Wildman–Crippen LogP) is 0.459. The molecule has 0 atom stereocenters. The normalized spacial score (nSPS) is 12.1. The monoisotopic (exact) mass is 241 g/mol. The molecule has 6 nitrogen and oxygen atoms in total. The Labute approximate surface area is 95.6 Å². The van der Waals surface area contributed by atoms with E-state index in [1.807, 2.05) is 0 Å². The lowest BCUT2D eigenvalue weighted by Crippen LogP contribution is -2.15. The van der Waals surface area contributed by atoms with Crippen molar-refractivity contribution in [3.05, 3.63) is 16.6 Å². The van der Waals surface area contributed by atoms with Crippen molar-refractivity contribution in [2.75, 3.05) is 5.73 Å². The van der Waals surface area contributed by atoms with Crippen LogP contribution < -0.4 is 11.5 Å². The van der Waals surface area contributed by atoms with Crippen LogP contribution in [0.2, 0.25) is 0 Å². The van der Waals surface area contributed by atoms with Gasteiger partial charge in [0.05, 0.1) is 17.7 Å². The van der Waals surface area contributed by atoms with Crippen LogP contribution >= 0.6 is 11.3 Å². The first kappa shape index (κ1) is 12.2. The van der Waals surface area contributed by atoms with Crippen LogP contribution in [0.25, 0.3) is 5.57 Å². The van der Waals surface area contributed by atoms with E-state index >= 15 is 0 Å². The van der Waals surface area contributed by atoms with Crippen LogP contribution in [0.3, 0.4) is 0 Å². The lowest BCUT2D eigenvalue weighted by Gasteiger charge is -2.04. The van der Waals surface area contributed by atoms with Gasteiger partial charge in [0.15, 0.2) is 5.13 Å². The molecule has 0 bridgehead atoms. The van der Waals surface area contributed by atoms with Crippen LogP contribution in [0.5, 0.6) is 0 Å². The number of rotatable bonds is 4. The van der Waals surface area contributed by atoms with Gasteiger partial charge >= 0.3 is 5.97 Å². The van der Waals surface area contributed by atoms with E-state index in [0.29, 0.717) is 16.4 Å². The number of hydrogen-bond acceptors (Lipinski definition) is 5. The van der Waals surface area contributed by atoms with Crippen LogP contribution in [0.1, 0.15) is 19.0 Å². The molecule has 0 saturated heterocycles. The molecule has 1 aromatic heterocycles. The van der Waals surface area contributed by atoms with Crippen LogP contribution in [-0.4, -0.2) is 22.0 Å². The molecule has 1 heterocycles. The van der Waals surface area contributed by atoms with Crippen molar-refractivity contribution < 1.29 is 14.7 Å². The maximum absolute atomic E-state index is 11.2. The summed E-state index contributed by atoms with van der Waals surface area (Å²) in [5.41, 5.74) is 11.4. The van der Waals surface area contributed by atoms with Gasteiger partial charge in [-0.15, -0.1) is 11.3 Å². The number of hydrogen-bond donors (Lipinski definition) is 3. The number of anilines is 1. The molecule has 0 aliphatic heterocycles. The quantitative estimate of drug-likeness (QED) is 0.661. The van der Waals surface area contributed by atoms with Crippen LogP contribution in [-0.2, 0) is 9.59 Å². The van der Waals surface area contributed by atoms with E-state index in [9.17, 15) is 9.59 Å². The Kier molecular flexibility index (Phi) is 3.62. The first-order chi connectivity index (χ1) is 7.41. The summed E-state index contributed by atoms with van der Waals surface area (Å²) >= 11 is 1.16. The summed E-state index contributed by atoms with van der Waals surface area (Å²) in [6.45, 7) is 1.53. The molecular weight excluding hydrogens is 230 g/mol. The number of nitrogens with two attached hydrogens (primary N) is 2. The van der Waals surface area contributed by atoms with Gasteiger partial charge in [0.2, 0.25) is 0 Å². The molecule has 0 saturated carbocycles. The van der Waals surface area contributed by atoms with Gasteiger partial charge in [-0.05, 0) is 12.5 Å². The third kappa shape index (κ3) is 2.80. The van der Waals surface area contributed by atoms with E-state index in [1.165, 1.54) is 6.92 Å². The Morgan fingerprint density at radius 1 is 1.56 bits per heavy atom. The maximum Gasteiger partial charge on any atom is 0.307 e. The number of aromatic nitrogens is 1. The van der Waals surface area contributed by atoms with Crippen molar-refractivity contribution in [1.82, 2.24) is 4.98 Å². The average Bonchev–Trinajstić information content (AvgIpc) is 2.49. The molecule has 0 fully saturated rings. The fraction of sp³-hybridized carbons (Fsp3) is 0.222. The third-order valence-electron chi connectivity index (χ3n) is 1.87. The Hall–Kier alpha value is -1.89. The lowest BCUT2D eigenvalue weighted by atomic mass is 10.0. The number of aliphatic carboxylic acids is 1. The van der Waals surface area contributed by atoms with E-state index in [-0.39, 0.29) is 12.0 Å². The highest BCUT2D eigenvalue weighted by atomic mass is 32.1. The van der Waals surface area contributed by atoms with Crippen molar-refractivity contribution in [2.24, 2.45) is 5.73 Å². The number of carbonyl (C=O) groups excluding carboxylic acids is 1. The molecule has 5 N–H and O–H groups in total. The molecule has 1 rings (SSSR count). The van der Waals surface area contributed by atoms with Gasteiger partial charge in [-0.1, -0.05) is 0 Å². The lowest BCUT2D eigenvalue weighted by molar-refractivity contribution is -0.136. The first-order valence-corrected chi connectivity index (χ1v) is 5.22. The van der Waals surface area contributed by atoms with Crippen molar-refractivity contribution in [2.45, 2.75) is 13.3 Å². The molecule has 1 aromatic rings. The zero-order valence-electron chi connectivity index (χ0n) is 8.56. The number of carbonyl (C=O) groups is 2. The zero-order chi connectivity index (χ0) is 12.3. The van der Waals surface area contributed by atoms with E-state index < -0.39 is 11.9 Å². The Bertz CT molecular complexity index is 464. The molecule has 0 aliphatic carbocycles. The minimum Gasteiger partial charge on any atom is -0.481 e. The van der Waals surface area contributed by atoms with E-state index in [0.717, 1.165) is 11.3 Å². The summed E-state index contributed by atoms with van der Waals surface area (Å²) in [6, 6.07) is 0. The Morgan fingerprint density at radius 2 is 2.19 bits per heavy atom. The van der Waals surface area contributed by atoms with Gasteiger partial charge in [0.25, 0.3) is 5.91 Å². The summed E-state index contributed by atoms with van der Waals surface area (Å²) in [7, 11) is 0. The SMILES string of the molecule is CC(CC(=O)O)=C(C(N)=O)c1csc(N)n1. The average molecular weight is 241 g/mol. The second-order valence-electron chi connectivity index (χ2n) is 3.16. The van der Waals surface area contributed by atoms with Crippen LogP contribution in [0, 0.1) is 0 Å². The minimum atomic E-state index is -1.03. The Balaban J connectivity index is 3.18. The molecule has 0 unspecified atom stereocenters. The zero-order valence-corrected chi connectivity index (χ0v) is 9.37. The molecule has 0 spiro atoms. The second-order valence-corrected chi connectivity index (χ2v) is 4.05. The van der Waals surface area contributed by atoms with Gasteiger partial charge in [-0.25, -0.2) is 4.98 Å². The highest BCUT2D eigenvalue weighted by Crippen LogP contribution is 2.23. The summed E-state index contributed by atoms with van der Waals surface area (Å²) < 4.78 is 0. The smallest absolute Gasteiger partial charge is 0.307 e. The fourth-order valence-corrected chi connectivity index (χ4v) is 1.83. The molecule has 86 valence electrons. The first-order valence-electron chi connectivity index (χ1n) is 4.34. The van der Waals surface area contributed by atoms with Crippen molar-refractivity contribution in [1.29, 1.82) is 0 Å². The van der Waals surface area contributed by atoms with Crippen molar-refractivity contribution in [3.8, 4) is 0 Å². The van der Waals surface area contributed by atoms with Crippen LogP contribution in [0.4, 0.5) is 5.13 Å². The van der Waals surface area contributed by atoms with Crippen molar-refractivity contribution >= 4 is 33.9 Å². The molecule has 1 amide bonds. The number of nitrogen functional groups attached to an aromatic ring is 1. The topological polar surface area (TPSA) is 119 Å². The molecule has 16 heavy (non-hydrogen) atoms. The van der Waals surface area contributed by atoms with Gasteiger partial charge in [0, 0.05) is 5.38 Å². The minimum absolute atomic E-state index is 0.121. The van der Waals surface area contributed by atoms with E-state index in [1.54, 1.807) is 5.38 Å². The molecule has 7 heteroatoms. The fourth-order valence-electron chi connectivity index (χ4n) is 1.27. The van der Waals surface area contributed by atoms with Crippen LogP contribution in [0.15, 0.2) is 11.0 Å².